The van der Waals surface area contributed by atoms with Gasteiger partial charge in [-0.05, 0) is 18.2 Å². The Labute approximate surface area is 135 Å². The second-order valence-electron chi connectivity index (χ2n) is 5.51. The van der Waals surface area contributed by atoms with Crippen molar-refractivity contribution >= 4 is 5.91 Å². The van der Waals surface area contributed by atoms with Gasteiger partial charge in [-0.15, -0.1) is 0 Å². The summed E-state index contributed by atoms with van der Waals surface area (Å²) >= 11 is 0. The van der Waals surface area contributed by atoms with Crippen molar-refractivity contribution in [3.63, 3.8) is 0 Å². The van der Waals surface area contributed by atoms with Crippen LogP contribution in [0, 0.1) is 5.82 Å². The van der Waals surface area contributed by atoms with Crippen LogP contribution in [0.25, 0.3) is 5.69 Å². The molecule has 9 heteroatoms. The first kappa shape index (κ1) is 17.9. The Morgan fingerprint density at radius 1 is 1.33 bits per heavy atom. The molecule has 2 rings (SSSR count). The average molecular weight is 345 g/mol. The van der Waals surface area contributed by atoms with E-state index in [9.17, 15) is 22.4 Å². The number of rotatable bonds is 5. The minimum atomic E-state index is -4.82. The third-order valence-electron chi connectivity index (χ3n) is 3.25. The minimum absolute atomic E-state index is 0.112. The highest BCUT2D eigenvalue weighted by atomic mass is 19.4. The van der Waals surface area contributed by atoms with E-state index < -0.39 is 29.2 Å². The minimum Gasteiger partial charge on any atom is -0.346 e. The molecule has 1 heterocycles. The molecule has 1 amide bonds. The van der Waals surface area contributed by atoms with Crippen LogP contribution in [0.2, 0.25) is 0 Å². The van der Waals surface area contributed by atoms with Crippen LogP contribution in [0.1, 0.15) is 16.1 Å². The largest absolute Gasteiger partial charge is 0.434 e. The van der Waals surface area contributed by atoms with Gasteiger partial charge in [0, 0.05) is 0 Å². The number of nitrogens with zero attached hydrogens (tertiary/aromatic N) is 2. The number of carbonyl (C=O) groups is 1. The molecule has 0 saturated heterocycles. The Balaban J connectivity index is 2.38. The summed E-state index contributed by atoms with van der Waals surface area (Å²) in [5.74, 6) is -1.57. The Morgan fingerprint density at radius 3 is 2.62 bits per heavy atom. The summed E-state index contributed by atoms with van der Waals surface area (Å²) in [7, 11) is 3.71. The van der Waals surface area contributed by atoms with Crippen LogP contribution in [-0.4, -0.2) is 42.9 Å². The molecule has 2 N–H and O–H groups in total. The van der Waals surface area contributed by atoms with E-state index in [1.807, 2.05) is 14.1 Å². The summed E-state index contributed by atoms with van der Waals surface area (Å²) in [5.41, 5.74) is -1.94. The number of benzene rings is 1. The summed E-state index contributed by atoms with van der Waals surface area (Å²) in [6.45, 7) is 0.786. The van der Waals surface area contributed by atoms with Gasteiger partial charge < -0.3 is 10.2 Å². The molecule has 2 aromatic rings. The number of likely N-dealkylation sites (N-methyl/N-ethyl adjacent to an activating group) is 1. The van der Waals surface area contributed by atoms with Crippen molar-refractivity contribution in [1.82, 2.24) is 15.1 Å². The lowest BCUT2D eigenvalue weighted by atomic mass is 10.2. The molecular formula is C15H17F4N4O+. The molecule has 24 heavy (non-hydrogen) atoms. The van der Waals surface area contributed by atoms with Gasteiger partial charge in [0.25, 0.3) is 5.91 Å². The zero-order valence-electron chi connectivity index (χ0n) is 13.1. The monoisotopic (exact) mass is 345 g/mol. The molecular weight excluding hydrogens is 328 g/mol. The van der Waals surface area contributed by atoms with Gasteiger partial charge in [-0.25, -0.2) is 9.07 Å². The van der Waals surface area contributed by atoms with Gasteiger partial charge >= 0.3 is 6.18 Å². The van der Waals surface area contributed by atoms with Crippen molar-refractivity contribution in [3.8, 4) is 5.69 Å². The molecule has 0 radical (unpaired) electrons. The lowest BCUT2D eigenvalue weighted by molar-refractivity contribution is -0.856. The fourth-order valence-corrected chi connectivity index (χ4v) is 2.11. The fourth-order valence-electron chi connectivity index (χ4n) is 2.11. The van der Waals surface area contributed by atoms with E-state index >= 15 is 0 Å². The Hall–Kier alpha value is -2.42. The van der Waals surface area contributed by atoms with E-state index in [1.165, 1.54) is 12.1 Å². The first-order valence-electron chi connectivity index (χ1n) is 7.18. The van der Waals surface area contributed by atoms with Crippen LogP contribution in [0.3, 0.4) is 0 Å². The maximum absolute atomic E-state index is 13.4. The van der Waals surface area contributed by atoms with Crippen molar-refractivity contribution in [1.29, 1.82) is 0 Å². The SMILES string of the molecule is C[NH+](C)CCNC(=O)c1cnn(-c2cccc(F)c2)c1C(F)(F)F. The van der Waals surface area contributed by atoms with Crippen LogP contribution < -0.4 is 10.2 Å². The number of carbonyl (C=O) groups excluding carboxylic acids is 1. The second kappa shape index (κ2) is 7.00. The van der Waals surface area contributed by atoms with Gasteiger partial charge in [0.15, 0.2) is 5.69 Å². The normalized spacial score (nSPS) is 11.8. The lowest BCUT2D eigenvalue weighted by Gasteiger charge is -2.13. The summed E-state index contributed by atoms with van der Waals surface area (Å²) in [6, 6.07) is 4.57. The van der Waals surface area contributed by atoms with Crippen molar-refractivity contribution in [2.75, 3.05) is 27.2 Å². The van der Waals surface area contributed by atoms with Crippen LogP contribution in [0.4, 0.5) is 17.6 Å². The van der Waals surface area contributed by atoms with Gasteiger partial charge in [-0.3, -0.25) is 4.79 Å². The van der Waals surface area contributed by atoms with E-state index in [-0.39, 0.29) is 12.2 Å². The third kappa shape index (κ3) is 4.10. The molecule has 130 valence electrons. The first-order chi connectivity index (χ1) is 11.2. The fraction of sp³-hybridized carbons (Fsp3) is 0.333. The van der Waals surface area contributed by atoms with E-state index in [0.29, 0.717) is 11.2 Å². The number of hydrogen-bond acceptors (Lipinski definition) is 2. The average Bonchev–Trinajstić information content (AvgIpc) is 2.91. The third-order valence-corrected chi connectivity index (χ3v) is 3.25. The maximum Gasteiger partial charge on any atom is 0.434 e. The van der Waals surface area contributed by atoms with Crippen LogP contribution in [0.15, 0.2) is 30.5 Å². The highest BCUT2D eigenvalue weighted by Crippen LogP contribution is 2.33. The number of aromatic nitrogens is 2. The van der Waals surface area contributed by atoms with Gasteiger partial charge in [-0.1, -0.05) is 6.07 Å². The number of amides is 1. The van der Waals surface area contributed by atoms with E-state index in [2.05, 4.69) is 10.4 Å². The number of hydrogen-bond donors (Lipinski definition) is 2. The molecule has 1 aromatic heterocycles. The van der Waals surface area contributed by atoms with Crippen molar-refractivity contribution in [2.24, 2.45) is 0 Å². The van der Waals surface area contributed by atoms with Crippen molar-refractivity contribution in [3.05, 3.63) is 47.5 Å². The molecule has 0 aliphatic carbocycles. The zero-order valence-corrected chi connectivity index (χ0v) is 13.1. The van der Waals surface area contributed by atoms with E-state index in [0.717, 1.165) is 23.2 Å². The van der Waals surface area contributed by atoms with Gasteiger partial charge in [-0.2, -0.15) is 18.3 Å². The molecule has 0 atom stereocenters. The van der Waals surface area contributed by atoms with Gasteiger partial charge in [0.2, 0.25) is 0 Å². The van der Waals surface area contributed by atoms with Crippen LogP contribution in [0.5, 0.6) is 0 Å². The molecule has 5 nitrogen and oxygen atoms in total. The predicted molar refractivity (Wildman–Crippen MR) is 78.5 cm³/mol. The summed E-state index contributed by atoms with van der Waals surface area (Å²) in [5, 5.41) is 6.05. The number of halogens is 4. The topological polar surface area (TPSA) is 51.4 Å². The molecule has 0 saturated carbocycles. The number of alkyl halides is 3. The Bertz CT molecular complexity index is 725. The van der Waals surface area contributed by atoms with Crippen LogP contribution in [-0.2, 0) is 6.18 Å². The predicted octanol–water partition coefficient (Wildman–Crippen LogP) is 0.905. The van der Waals surface area contributed by atoms with Gasteiger partial charge in [0.05, 0.1) is 44.6 Å². The molecule has 1 aromatic carbocycles. The Kier molecular flexibility index (Phi) is 5.23. The first-order valence-corrected chi connectivity index (χ1v) is 7.18. The molecule has 0 fully saturated rings. The molecule has 0 spiro atoms. The van der Waals surface area contributed by atoms with Gasteiger partial charge in [0.1, 0.15) is 5.82 Å². The molecule has 0 unspecified atom stereocenters. The summed E-state index contributed by atoms with van der Waals surface area (Å²) in [4.78, 5) is 13.1. The van der Waals surface area contributed by atoms with Crippen molar-refractivity contribution < 1.29 is 27.3 Å². The standard InChI is InChI=1S/C15H16F4N4O/c1-22(2)7-6-20-14(24)12-9-21-23(13(12)15(17,18)19)11-5-3-4-10(16)8-11/h3-5,8-9H,6-7H2,1-2H3,(H,20,24)/p+1. The lowest BCUT2D eigenvalue weighted by Crippen LogP contribution is -3.06. The Morgan fingerprint density at radius 2 is 2.04 bits per heavy atom. The molecule has 0 aliphatic heterocycles. The van der Waals surface area contributed by atoms with E-state index in [1.54, 1.807) is 0 Å². The highest BCUT2D eigenvalue weighted by molar-refractivity contribution is 5.95. The second-order valence-corrected chi connectivity index (χ2v) is 5.51. The zero-order chi connectivity index (χ0) is 17.9. The van der Waals surface area contributed by atoms with E-state index in [4.69, 9.17) is 0 Å². The van der Waals surface area contributed by atoms with Crippen molar-refractivity contribution in [2.45, 2.75) is 6.18 Å². The molecule has 0 aliphatic rings. The summed E-state index contributed by atoms with van der Waals surface area (Å²) in [6.07, 6.45) is -3.98. The number of nitrogens with one attached hydrogen (secondary N) is 2. The number of quaternary nitrogens is 1. The maximum atomic E-state index is 13.4. The summed E-state index contributed by atoms with van der Waals surface area (Å²) < 4.78 is 54.0. The smallest absolute Gasteiger partial charge is 0.346 e. The highest BCUT2D eigenvalue weighted by Gasteiger charge is 2.40. The molecule has 0 bridgehead atoms. The quantitative estimate of drug-likeness (QED) is 0.792. The van der Waals surface area contributed by atoms with Crippen LogP contribution >= 0.6 is 0 Å².